The molecule has 22 heavy (non-hydrogen) atoms. The van der Waals surface area contributed by atoms with Gasteiger partial charge < -0.3 is 9.84 Å². The van der Waals surface area contributed by atoms with E-state index < -0.39 is 5.97 Å². The molecule has 1 heterocycles. The fraction of sp³-hybridized carbons (Fsp3) is 0.438. The molecule has 118 valence electrons. The SMILES string of the molecule is Cc1cccc(C)c1OCc1c(C(=O)O)nnn1CC(C)C. The number of nitrogens with zero attached hydrogens (tertiary/aromatic N) is 3. The van der Waals surface area contributed by atoms with Crippen LogP contribution in [0.4, 0.5) is 0 Å². The van der Waals surface area contributed by atoms with Crippen molar-refractivity contribution < 1.29 is 14.6 Å². The predicted molar refractivity (Wildman–Crippen MR) is 82.1 cm³/mol. The summed E-state index contributed by atoms with van der Waals surface area (Å²) in [5.41, 5.74) is 2.47. The molecule has 0 aliphatic carbocycles. The minimum absolute atomic E-state index is 0.0492. The van der Waals surface area contributed by atoms with Crippen LogP contribution in [-0.2, 0) is 13.2 Å². The van der Waals surface area contributed by atoms with Gasteiger partial charge in [0.25, 0.3) is 0 Å². The lowest BCUT2D eigenvalue weighted by molar-refractivity contribution is 0.0687. The van der Waals surface area contributed by atoms with Crippen LogP contribution in [0.1, 0.15) is 41.2 Å². The maximum Gasteiger partial charge on any atom is 0.358 e. The van der Waals surface area contributed by atoms with Crippen molar-refractivity contribution in [3.05, 3.63) is 40.7 Å². The highest BCUT2D eigenvalue weighted by atomic mass is 16.5. The van der Waals surface area contributed by atoms with Crippen LogP contribution in [-0.4, -0.2) is 26.1 Å². The third kappa shape index (κ3) is 3.44. The van der Waals surface area contributed by atoms with Gasteiger partial charge in [-0.05, 0) is 30.9 Å². The van der Waals surface area contributed by atoms with Gasteiger partial charge in [0.05, 0.1) is 0 Å². The molecule has 0 spiro atoms. The van der Waals surface area contributed by atoms with Crippen LogP contribution < -0.4 is 4.74 Å². The number of hydrogen-bond acceptors (Lipinski definition) is 4. The Labute approximate surface area is 129 Å². The van der Waals surface area contributed by atoms with Gasteiger partial charge in [-0.3, -0.25) is 0 Å². The number of carbonyl (C=O) groups is 1. The fourth-order valence-electron chi connectivity index (χ4n) is 2.30. The van der Waals surface area contributed by atoms with Crippen LogP contribution in [0.25, 0.3) is 0 Å². The number of carboxylic acids is 1. The van der Waals surface area contributed by atoms with E-state index in [-0.39, 0.29) is 12.3 Å². The van der Waals surface area contributed by atoms with Crippen molar-refractivity contribution in [2.45, 2.75) is 40.8 Å². The molecular formula is C16H21N3O3. The van der Waals surface area contributed by atoms with Crippen LogP contribution in [0.5, 0.6) is 5.75 Å². The predicted octanol–water partition coefficient (Wildman–Crippen LogP) is 2.83. The average molecular weight is 303 g/mol. The molecular weight excluding hydrogens is 282 g/mol. The van der Waals surface area contributed by atoms with Crippen molar-refractivity contribution in [1.82, 2.24) is 15.0 Å². The first kappa shape index (κ1) is 16.0. The second-order valence-corrected chi connectivity index (χ2v) is 5.78. The van der Waals surface area contributed by atoms with Crippen LogP contribution in [0.3, 0.4) is 0 Å². The standard InChI is InChI=1S/C16H21N3O3/c1-10(2)8-19-13(14(16(20)21)17-18-19)9-22-15-11(3)6-5-7-12(15)4/h5-7,10H,8-9H2,1-4H3,(H,20,21). The van der Waals surface area contributed by atoms with Crippen molar-refractivity contribution in [2.75, 3.05) is 0 Å². The first-order valence-corrected chi connectivity index (χ1v) is 7.24. The van der Waals surface area contributed by atoms with E-state index in [2.05, 4.69) is 10.3 Å². The zero-order valence-electron chi connectivity index (χ0n) is 13.3. The Morgan fingerprint density at radius 3 is 2.50 bits per heavy atom. The smallest absolute Gasteiger partial charge is 0.358 e. The van der Waals surface area contributed by atoms with Crippen molar-refractivity contribution in [2.24, 2.45) is 5.92 Å². The van der Waals surface area contributed by atoms with E-state index in [4.69, 9.17) is 4.74 Å². The van der Waals surface area contributed by atoms with Gasteiger partial charge in [0, 0.05) is 6.54 Å². The van der Waals surface area contributed by atoms with Crippen molar-refractivity contribution in [3.8, 4) is 5.75 Å². The van der Waals surface area contributed by atoms with E-state index >= 15 is 0 Å². The van der Waals surface area contributed by atoms with Crippen molar-refractivity contribution in [1.29, 1.82) is 0 Å². The maximum absolute atomic E-state index is 11.3. The van der Waals surface area contributed by atoms with Crippen molar-refractivity contribution in [3.63, 3.8) is 0 Å². The Morgan fingerprint density at radius 2 is 1.95 bits per heavy atom. The van der Waals surface area contributed by atoms with E-state index in [1.165, 1.54) is 0 Å². The van der Waals surface area contributed by atoms with Gasteiger partial charge in [-0.2, -0.15) is 0 Å². The number of carboxylic acid groups (broad SMARTS) is 1. The van der Waals surface area contributed by atoms with E-state index in [1.807, 2.05) is 45.9 Å². The summed E-state index contributed by atoms with van der Waals surface area (Å²) in [6.45, 7) is 8.74. The number of aromatic nitrogens is 3. The summed E-state index contributed by atoms with van der Waals surface area (Å²) in [7, 11) is 0. The molecule has 2 rings (SSSR count). The van der Waals surface area contributed by atoms with E-state index in [0.717, 1.165) is 16.9 Å². The van der Waals surface area contributed by atoms with Gasteiger partial charge in [0.2, 0.25) is 0 Å². The monoisotopic (exact) mass is 303 g/mol. The van der Waals surface area contributed by atoms with Crippen LogP contribution in [0, 0.1) is 19.8 Å². The fourth-order valence-corrected chi connectivity index (χ4v) is 2.30. The molecule has 6 nitrogen and oxygen atoms in total. The van der Waals surface area contributed by atoms with Gasteiger partial charge in [-0.1, -0.05) is 37.3 Å². The lowest BCUT2D eigenvalue weighted by Crippen LogP contribution is -2.14. The van der Waals surface area contributed by atoms with E-state index in [0.29, 0.717) is 18.2 Å². The van der Waals surface area contributed by atoms with Gasteiger partial charge >= 0.3 is 5.97 Å². The highest BCUT2D eigenvalue weighted by Crippen LogP contribution is 2.24. The molecule has 6 heteroatoms. The summed E-state index contributed by atoms with van der Waals surface area (Å²) >= 11 is 0. The Morgan fingerprint density at radius 1 is 1.32 bits per heavy atom. The zero-order valence-corrected chi connectivity index (χ0v) is 13.3. The number of rotatable bonds is 6. The van der Waals surface area contributed by atoms with E-state index in [1.54, 1.807) is 4.68 Å². The molecule has 1 N–H and O–H groups in total. The second-order valence-electron chi connectivity index (χ2n) is 5.78. The number of aromatic carboxylic acids is 1. The Balaban J connectivity index is 2.28. The van der Waals surface area contributed by atoms with Gasteiger partial charge in [0.1, 0.15) is 18.1 Å². The maximum atomic E-state index is 11.3. The molecule has 0 saturated carbocycles. The summed E-state index contributed by atoms with van der Waals surface area (Å²) in [6.07, 6.45) is 0. The molecule has 0 amide bonds. The van der Waals surface area contributed by atoms with E-state index in [9.17, 15) is 9.90 Å². The van der Waals surface area contributed by atoms with Crippen LogP contribution in [0.2, 0.25) is 0 Å². The lowest BCUT2D eigenvalue weighted by Gasteiger charge is -2.13. The summed E-state index contributed by atoms with van der Waals surface area (Å²) in [4.78, 5) is 11.3. The Hall–Kier alpha value is -2.37. The van der Waals surface area contributed by atoms with Gasteiger partial charge in [-0.25, -0.2) is 9.48 Å². The number of aryl methyl sites for hydroxylation is 2. The summed E-state index contributed by atoms with van der Waals surface area (Å²) < 4.78 is 7.47. The highest BCUT2D eigenvalue weighted by molar-refractivity contribution is 5.86. The first-order valence-electron chi connectivity index (χ1n) is 7.24. The zero-order chi connectivity index (χ0) is 16.3. The first-order chi connectivity index (χ1) is 10.4. The quantitative estimate of drug-likeness (QED) is 0.888. The Bertz CT molecular complexity index is 657. The topological polar surface area (TPSA) is 77.2 Å². The average Bonchev–Trinajstić information content (AvgIpc) is 2.80. The number of hydrogen-bond donors (Lipinski definition) is 1. The minimum atomic E-state index is -1.09. The normalized spacial score (nSPS) is 11.0. The highest BCUT2D eigenvalue weighted by Gasteiger charge is 2.20. The molecule has 0 aliphatic heterocycles. The lowest BCUT2D eigenvalue weighted by atomic mass is 10.1. The van der Waals surface area contributed by atoms with Gasteiger partial charge in [0.15, 0.2) is 5.69 Å². The second kappa shape index (κ2) is 6.60. The molecule has 0 fully saturated rings. The summed E-state index contributed by atoms with van der Waals surface area (Å²) in [5, 5.41) is 16.9. The third-order valence-corrected chi connectivity index (χ3v) is 3.34. The molecule has 1 aromatic carbocycles. The number of ether oxygens (including phenoxy) is 1. The number of benzene rings is 1. The van der Waals surface area contributed by atoms with Gasteiger partial charge in [-0.15, -0.1) is 5.10 Å². The molecule has 0 unspecified atom stereocenters. The molecule has 0 aliphatic rings. The molecule has 0 bridgehead atoms. The summed E-state index contributed by atoms with van der Waals surface area (Å²) in [6, 6.07) is 5.89. The third-order valence-electron chi connectivity index (χ3n) is 3.34. The molecule has 0 saturated heterocycles. The van der Waals surface area contributed by atoms with Crippen molar-refractivity contribution >= 4 is 5.97 Å². The van der Waals surface area contributed by atoms with Crippen LogP contribution in [0.15, 0.2) is 18.2 Å². The Kier molecular flexibility index (Phi) is 4.80. The summed E-state index contributed by atoms with van der Waals surface area (Å²) in [5.74, 6) is 0.0218. The number of para-hydroxylation sites is 1. The largest absolute Gasteiger partial charge is 0.487 e. The van der Waals surface area contributed by atoms with Crippen LogP contribution >= 0.6 is 0 Å². The molecule has 0 radical (unpaired) electrons. The minimum Gasteiger partial charge on any atom is -0.487 e. The molecule has 0 atom stereocenters. The molecule has 1 aromatic heterocycles. The molecule has 2 aromatic rings.